The molecule has 0 fully saturated rings. The second kappa shape index (κ2) is 8.13. The number of nitrogens with zero attached hydrogens (tertiary/aromatic N) is 1. The highest BCUT2D eigenvalue weighted by atomic mass is 79.9. The molecule has 1 atom stereocenters. The van der Waals surface area contributed by atoms with Crippen LogP contribution in [0.4, 0.5) is 0 Å². The zero-order valence-electron chi connectivity index (χ0n) is 15.9. The summed E-state index contributed by atoms with van der Waals surface area (Å²) >= 11 is 3.62. The van der Waals surface area contributed by atoms with Gasteiger partial charge in [-0.2, -0.15) is 0 Å². The third-order valence-corrected chi connectivity index (χ3v) is 5.82. The van der Waals surface area contributed by atoms with Gasteiger partial charge in [0.2, 0.25) is 0 Å². The fraction of sp³-hybridized carbons (Fsp3) is 0.125. The summed E-state index contributed by atoms with van der Waals surface area (Å²) in [5.41, 5.74) is 3.34. The zero-order valence-corrected chi connectivity index (χ0v) is 17.5. The fourth-order valence-electron chi connectivity index (χ4n) is 3.68. The Balaban J connectivity index is 1.79. The minimum atomic E-state index is -0.400. The molecule has 0 radical (unpaired) electrons. The van der Waals surface area contributed by atoms with Crippen LogP contribution in [-0.2, 0) is 11.3 Å². The summed E-state index contributed by atoms with van der Waals surface area (Å²) in [4.78, 5) is 14.8. The molecule has 3 aromatic rings. The summed E-state index contributed by atoms with van der Waals surface area (Å²) in [7, 11) is 1.62. The van der Waals surface area contributed by atoms with E-state index in [-0.39, 0.29) is 11.7 Å². The molecule has 29 heavy (non-hydrogen) atoms. The van der Waals surface area contributed by atoms with Crippen LogP contribution in [0.15, 0.2) is 89.1 Å². The molecule has 3 aromatic carbocycles. The Labute approximate surface area is 178 Å². The van der Waals surface area contributed by atoms with Gasteiger partial charge in [-0.1, -0.05) is 76.6 Å². The molecule has 1 aliphatic heterocycles. The molecule has 4 nitrogen and oxygen atoms in total. The average molecular weight is 450 g/mol. The lowest BCUT2D eigenvalue weighted by molar-refractivity contribution is -0.130. The predicted octanol–water partition coefficient (Wildman–Crippen LogP) is 5.51. The van der Waals surface area contributed by atoms with E-state index in [0.29, 0.717) is 12.1 Å². The number of benzene rings is 3. The molecule has 1 aliphatic rings. The Hall–Kier alpha value is -3.05. The van der Waals surface area contributed by atoms with Gasteiger partial charge in [-0.3, -0.25) is 4.79 Å². The second-order valence-corrected chi connectivity index (χ2v) is 7.69. The lowest BCUT2D eigenvalue weighted by Crippen LogP contribution is -2.30. The molecule has 0 aliphatic carbocycles. The molecule has 0 unspecified atom stereocenters. The molecular weight excluding hydrogens is 430 g/mol. The van der Waals surface area contributed by atoms with Crippen molar-refractivity contribution < 1.29 is 14.6 Å². The van der Waals surface area contributed by atoms with Gasteiger partial charge in [-0.05, 0) is 34.9 Å². The van der Waals surface area contributed by atoms with Crippen LogP contribution in [0.25, 0.3) is 5.57 Å². The number of amides is 1. The van der Waals surface area contributed by atoms with Crippen LogP contribution in [0.3, 0.4) is 0 Å². The Kier molecular flexibility index (Phi) is 5.41. The lowest BCUT2D eigenvalue weighted by atomic mass is 9.93. The van der Waals surface area contributed by atoms with Crippen molar-refractivity contribution >= 4 is 27.4 Å². The maximum atomic E-state index is 13.1. The van der Waals surface area contributed by atoms with E-state index in [1.54, 1.807) is 12.0 Å². The number of ether oxygens (including phenoxy) is 1. The molecular formula is C24H20BrNO3. The lowest BCUT2D eigenvalue weighted by Gasteiger charge is -2.28. The Bertz CT molecular complexity index is 1060. The molecule has 5 heteroatoms. The van der Waals surface area contributed by atoms with Crippen molar-refractivity contribution in [2.45, 2.75) is 12.6 Å². The van der Waals surface area contributed by atoms with Crippen molar-refractivity contribution in [3.8, 4) is 5.75 Å². The minimum Gasteiger partial charge on any atom is -0.503 e. The summed E-state index contributed by atoms with van der Waals surface area (Å²) in [5.74, 6) is 0.181. The van der Waals surface area contributed by atoms with Crippen molar-refractivity contribution in [1.29, 1.82) is 0 Å². The molecule has 1 heterocycles. The number of methoxy groups -OCH3 is 1. The van der Waals surface area contributed by atoms with Crippen LogP contribution in [0.2, 0.25) is 0 Å². The van der Waals surface area contributed by atoms with E-state index in [1.807, 2.05) is 78.9 Å². The first kappa shape index (κ1) is 19.3. The quantitative estimate of drug-likeness (QED) is 0.558. The van der Waals surface area contributed by atoms with E-state index in [4.69, 9.17) is 4.74 Å². The molecule has 0 saturated carbocycles. The number of rotatable bonds is 5. The molecule has 146 valence electrons. The van der Waals surface area contributed by atoms with Gasteiger partial charge >= 0.3 is 0 Å². The van der Waals surface area contributed by atoms with Crippen molar-refractivity contribution in [1.82, 2.24) is 4.90 Å². The largest absolute Gasteiger partial charge is 0.503 e. The van der Waals surface area contributed by atoms with Gasteiger partial charge in [0.25, 0.3) is 5.91 Å². The number of aliphatic hydroxyl groups is 1. The number of aliphatic hydroxyl groups excluding tert-OH is 1. The van der Waals surface area contributed by atoms with E-state index in [1.165, 1.54) is 0 Å². The number of hydrogen-bond donors (Lipinski definition) is 1. The van der Waals surface area contributed by atoms with Gasteiger partial charge in [0.1, 0.15) is 5.75 Å². The zero-order chi connectivity index (χ0) is 20.4. The smallest absolute Gasteiger partial charge is 0.290 e. The highest BCUT2D eigenvalue weighted by molar-refractivity contribution is 9.10. The van der Waals surface area contributed by atoms with Gasteiger partial charge in [-0.15, -0.1) is 0 Å². The van der Waals surface area contributed by atoms with Crippen LogP contribution in [-0.4, -0.2) is 23.0 Å². The van der Waals surface area contributed by atoms with Gasteiger partial charge in [-0.25, -0.2) is 0 Å². The molecule has 0 spiro atoms. The standard InChI is InChI=1S/C24H20BrNO3/c1-29-18-13-11-16(12-14-18)15-26-22(19-9-5-6-10-20(19)25)21(23(27)24(26)28)17-7-3-2-4-8-17/h2-14,22,27H,15H2,1H3/t22-/m0/s1. The first-order valence-electron chi connectivity index (χ1n) is 9.27. The topological polar surface area (TPSA) is 49.8 Å². The summed E-state index contributed by atoms with van der Waals surface area (Å²) in [6, 6.07) is 24.6. The van der Waals surface area contributed by atoms with E-state index in [0.717, 1.165) is 26.9 Å². The third-order valence-electron chi connectivity index (χ3n) is 5.10. The Morgan fingerprint density at radius 1 is 0.966 bits per heavy atom. The highest BCUT2D eigenvalue weighted by Crippen LogP contribution is 2.45. The molecule has 0 bridgehead atoms. The first-order chi connectivity index (χ1) is 14.1. The van der Waals surface area contributed by atoms with E-state index in [2.05, 4.69) is 15.9 Å². The van der Waals surface area contributed by atoms with Gasteiger partial charge in [0.05, 0.1) is 13.2 Å². The van der Waals surface area contributed by atoms with E-state index >= 15 is 0 Å². The van der Waals surface area contributed by atoms with Crippen molar-refractivity contribution in [2.24, 2.45) is 0 Å². The maximum Gasteiger partial charge on any atom is 0.290 e. The monoisotopic (exact) mass is 449 g/mol. The van der Waals surface area contributed by atoms with E-state index in [9.17, 15) is 9.90 Å². The van der Waals surface area contributed by atoms with Gasteiger partial charge < -0.3 is 14.7 Å². The second-order valence-electron chi connectivity index (χ2n) is 6.83. The summed E-state index contributed by atoms with van der Waals surface area (Å²) in [6.07, 6.45) is 0. The number of carbonyl (C=O) groups is 1. The maximum absolute atomic E-state index is 13.1. The number of carbonyl (C=O) groups excluding carboxylic acids is 1. The van der Waals surface area contributed by atoms with Crippen LogP contribution in [0.5, 0.6) is 5.75 Å². The van der Waals surface area contributed by atoms with Crippen LogP contribution < -0.4 is 4.74 Å². The summed E-state index contributed by atoms with van der Waals surface area (Å²) in [6.45, 7) is 0.370. The minimum absolute atomic E-state index is 0.203. The van der Waals surface area contributed by atoms with E-state index < -0.39 is 6.04 Å². The van der Waals surface area contributed by atoms with Crippen molar-refractivity contribution in [2.75, 3.05) is 7.11 Å². The normalized spacial score (nSPS) is 16.4. The molecule has 0 saturated heterocycles. The van der Waals surface area contributed by atoms with Crippen molar-refractivity contribution in [3.63, 3.8) is 0 Å². The SMILES string of the molecule is COc1ccc(CN2C(=O)C(O)=C(c3ccccc3)[C@@H]2c2ccccc2Br)cc1. The molecule has 4 rings (SSSR count). The number of hydrogen-bond acceptors (Lipinski definition) is 3. The van der Waals surface area contributed by atoms with Crippen LogP contribution >= 0.6 is 15.9 Å². The third kappa shape index (κ3) is 3.66. The average Bonchev–Trinajstić information content (AvgIpc) is 3.00. The highest BCUT2D eigenvalue weighted by Gasteiger charge is 2.41. The first-order valence-corrected chi connectivity index (χ1v) is 10.1. The molecule has 0 aromatic heterocycles. The van der Waals surface area contributed by atoms with Gasteiger partial charge in [0, 0.05) is 16.6 Å². The summed E-state index contributed by atoms with van der Waals surface area (Å²) < 4.78 is 6.11. The molecule has 1 amide bonds. The number of halogens is 1. The van der Waals surface area contributed by atoms with Crippen molar-refractivity contribution in [3.05, 3.63) is 106 Å². The van der Waals surface area contributed by atoms with Crippen LogP contribution in [0, 0.1) is 0 Å². The predicted molar refractivity (Wildman–Crippen MR) is 116 cm³/mol. The van der Waals surface area contributed by atoms with Crippen LogP contribution in [0.1, 0.15) is 22.7 Å². The summed E-state index contributed by atoms with van der Waals surface area (Å²) in [5, 5.41) is 10.8. The Morgan fingerprint density at radius 3 is 2.28 bits per heavy atom. The van der Waals surface area contributed by atoms with Gasteiger partial charge in [0.15, 0.2) is 5.76 Å². The Morgan fingerprint density at radius 2 is 1.62 bits per heavy atom. The fourth-order valence-corrected chi connectivity index (χ4v) is 4.18. The molecule has 1 N–H and O–H groups in total.